The summed E-state index contributed by atoms with van der Waals surface area (Å²) in [5.41, 5.74) is -1.74. The summed E-state index contributed by atoms with van der Waals surface area (Å²) < 4.78 is 13.6. The van der Waals surface area contributed by atoms with E-state index < -0.39 is 27.9 Å². The first-order chi connectivity index (χ1) is 9.33. The third kappa shape index (κ3) is 3.74. The molecule has 0 saturated carbocycles. The Labute approximate surface area is 115 Å². The van der Waals surface area contributed by atoms with Crippen molar-refractivity contribution in [2.75, 3.05) is 6.54 Å². The Morgan fingerprint density at radius 3 is 2.50 bits per heavy atom. The van der Waals surface area contributed by atoms with Gasteiger partial charge in [0, 0.05) is 12.6 Å². The molecule has 1 aromatic rings. The third-order valence-corrected chi connectivity index (χ3v) is 3.30. The molecule has 0 fully saturated rings. The number of aliphatic hydroxyl groups is 1. The van der Waals surface area contributed by atoms with Crippen molar-refractivity contribution in [1.29, 1.82) is 0 Å². The Morgan fingerprint density at radius 1 is 1.45 bits per heavy atom. The predicted octanol–water partition coefficient (Wildman–Crippen LogP) is 2.01. The molecule has 0 heterocycles. The van der Waals surface area contributed by atoms with Gasteiger partial charge < -0.3 is 10.4 Å². The normalized spacial score (nSPS) is 11.2. The Hall–Kier alpha value is -2.02. The van der Waals surface area contributed by atoms with Crippen molar-refractivity contribution in [3.05, 3.63) is 39.7 Å². The monoisotopic (exact) mass is 284 g/mol. The number of halogens is 1. The summed E-state index contributed by atoms with van der Waals surface area (Å²) in [6, 6.07) is 2.81. The summed E-state index contributed by atoms with van der Waals surface area (Å²) in [4.78, 5) is 21.5. The Bertz CT molecular complexity index is 515. The molecule has 0 aliphatic heterocycles. The zero-order valence-electron chi connectivity index (χ0n) is 11.4. The average molecular weight is 284 g/mol. The molecule has 0 saturated heterocycles. The van der Waals surface area contributed by atoms with Crippen LogP contribution >= 0.6 is 0 Å². The van der Waals surface area contributed by atoms with Crippen molar-refractivity contribution in [2.45, 2.75) is 32.3 Å². The number of benzene rings is 1. The van der Waals surface area contributed by atoms with E-state index in [1.54, 1.807) is 13.8 Å². The van der Waals surface area contributed by atoms with Crippen LogP contribution < -0.4 is 5.32 Å². The van der Waals surface area contributed by atoms with Crippen LogP contribution in [0, 0.1) is 15.9 Å². The summed E-state index contributed by atoms with van der Waals surface area (Å²) in [5, 5.41) is 22.9. The van der Waals surface area contributed by atoms with Crippen LogP contribution in [0.5, 0.6) is 0 Å². The van der Waals surface area contributed by atoms with Crippen molar-refractivity contribution in [3.63, 3.8) is 0 Å². The molecule has 0 unspecified atom stereocenters. The molecule has 0 radical (unpaired) electrons. The third-order valence-electron chi connectivity index (χ3n) is 3.30. The second-order valence-electron chi connectivity index (χ2n) is 4.54. The van der Waals surface area contributed by atoms with E-state index in [0.29, 0.717) is 18.9 Å². The first kappa shape index (κ1) is 16.0. The molecule has 0 aliphatic rings. The van der Waals surface area contributed by atoms with Gasteiger partial charge in [-0.3, -0.25) is 14.9 Å². The lowest BCUT2D eigenvalue weighted by atomic mass is 9.97. The number of nitro groups is 1. The van der Waals surface area contributed by atoms with Crippen LogP contribution in [-0.2, 0) is 0 Å². The second kappa shape index (κ2) is 6.42. The maximum atomic E-state index is 13.6. The molecule has 0 atom stereocenters. The average Bonchev–Trinajstić information content (AvgIpc) is 2.44. The van der Waals surface area contributed by atoms with Crippen LogP contribution in [0.4, 0.5) is 10.1 Å². The quantitative estimate of drug-likeness (QED) is 0.617. The molecular weight excluding hydrogens is 267 g/mol. The summed E-state index contributed by atoms with van der Waals surface area (Å²) in [6.45, 7) is 3.56. The predicted molar refractivity (Wildman–Crippen MR) is 70.9 cm³/mol. The van der Waals surface area contributed by atoms with Crippen molar-refractivity contribution >= 4 is 11.6 Å². The number of nitrogens with zero attached hydrogens (tertiary/aromatic N) is 1. The van der Waals surface area contributed by atoms with Gasteiger partial charge >= 0.3 is 0 Å². The number of hydrogen-bond acceptors (Lipinski definition) is 4. The lowest BCUT2D eigenvalue weighted by Gasteiger charge is -2.25. The van der Waals surface area contributed by atoms with Crippen molar-refractivity contribution in [3.8, 4) is 0 Å². The van der Waals surface area contributed by atoms with Gasteiger partial charge in [-0.25, -0.2) is 4.39 Å². The molecule has 2 N–H and O–H groups in total. The molecule has 6 nitrogen and oxygen atoms in total. The number of amides is 1. The number of nitro benzene ring substituents is 1. The van der Waals surface area contributed by atoms with E-state index in [-0.39, 0.29) is 12.1 Å². The highest BCUT2D eigenvalue weighted by Gasteiger charge is 2.24. The summed E-state index contributed by atoms with van der Waals surface area (Å²) >= 11 is 0. The number of carbonyl (C=O) groups is 1. The molecule has 1 aromatic carbocycles. The second-order valence-corrected chi connectivity index (χ2v) is 4.54. The molecule has 110 valence electrons. The molecule has 7 heteroatoms. The van der Waals surface area contributed by atoms with E-state index in [1.807, 2.05) is 0 Å². The smallest absolute Gasteiger partial charge is 0.272 e. The van der Waals surface area contributed by atoms with Gasteiger partial charge in [0.1, 0.15) is 5.82 Å². The minimum atomic E-state index is -1.03. The van der Waals surface area contributed by atoms with Gasteiger partial charge in [0.05, 0.1) is 22.2 Å². The van der Waals surface area contributed by atoms with E-state index in [1.165, 1.54) is 0 Å². The van der Waals surface area contributed by atoms with Gasteiger partial charge in [-0.05, 0) is 18.9 Å². The first-order valence-electron chi connectivity index (χ1n) is 6.27. The van der Waals surface area contributed by atoms with Gasteiger partial charge in [-0.15, -0.1) is 0 Å². The van der Waals surface area contributed by atoms with E-state index in [2.05, 4.69) is 5.32 Å². The lowest BCUT2D eigenvalue weighted by molar-refractivity contribution is -0.385. The molecular formula is C13H17FN2O4. The number of carbonyl (C=O) groups excluding carboxylic acids is 1. The lowest BCUT2D eigenvalue weighted by Crippen LogP contribution is -2.42. The molecule has 1 rings (SSSR count). The van der Waals surface area contributed by atoms with E-state index in [9.17, 15) is 24.4 Å². The zero-order chi connectivity index (χ0) is 15.3. The number of rotatable bonds is 6. The number of hydrogen-bond donors (Lipinski definition) is 2. The van der Waals surface area contributed by atoms with Crippen LogP contribution in [0.1, 0.15) is 37.0 Å². The summed E-state index contributed by atoms with van der Waals surface area (Å²) in [7, 11) is 0. The van der Waals surface area contributed by atoms with Gasteiger partial charge in [-0.1, -0.05) is 13.8 Å². The Morgan fingerprint density at radius 2 is 2.05 bits per heavy atom. The summed E-state index contributed by atoms with van der Waals surface area (Å²) in [5.74, 6) is -1.68. The minimum absolute atomic E-state index is 0.00470. The SMILES string of the molecule is CCC(O)(CC)CNC(=O)c1ccc([N+](=O)[O-])cc1F. The van der Waals surface area contributed by atoms with Gasteiger partial charge in [-0.2, -0.15) is 0 Å². The van der Waals surface area contributed by atoms with Crippen LogP contribution in [0.25, 0.3) is 0 Å². The van der Waals surface area contributed by atoms with Crippen LogP contribution in [0.3, 0.4) is 0 Å². The van der Waals surface area contributed by atoms with Gasteiger partial charge in [0.15, 0.2) is 0 Å². The minimum Gasteiger partial charge on any atom is -0.388 e. The number of nitrogens with one attached hydrogen (secondary N) is 1. The maximum Gasteiger partial charge on any atom is 0.272 e. The zero-order valence-corrected chi connectivity index (χ0v) is 11.4. The standard InChI is InChI=1S/C13H17FN2O4/c1-3-13(18,4-2)8-15-12(17)10-6-5-9(16(19)20)7-11(10)14/h5-7,18H,3-4,8H2,1-2H3,(H,15,17). The molecule has 0 spiro atoms. The van der Waals surface area contributed by atoms with E-state index in [0.717, 1.165) is 12.1 Å². The Kier molecular flexibility index (Phi) is 5.15. The van der Waals surface area contributed by atoms with E-state index >= 15 is 0 Å². The van der Waals surface area contributed by atoms with Gasteiger partial charge in [0.2, 0.25) is 0 Å². The molecule has 20 heavy (non-hydrogen) atoms. The highest BCUT2D eigenvalue weighted by molar-refractivity contribution is 5.94. The van der Waals surface area contributed by atoms with Crippen molar-refractivity contribution in [2.24, 2.45) is 0 Å². The first-order valence-corrected chi connectivity index (χ1v) is 6.27. The fraction of sp³-hybridized carbons (Fsp3) is 0.462. The molecule has 0 aliphatic carbocycles. The van der Waals surface area contributed by atoms with Crippen LogP contribution in [0.2, 0.25) is 0 Å². The highest BCUT2D eigenvalue weighted by Crippen LogP contribution is 2.17. The molecule has 1 amide bonds. The van der Waals surface area contributed by atoms with Gasteiger partial charge in [0.25, 0.3) is 11.6 Å². The molecule has 0 aromatic heterocycles. The van der Waals surface area contributed by atoms with Crippen LogP contribution in [-0.4, -0.2) is 28.1 Å². The fourth-order valence-electron chi connectivity index (χ4n) is 1.64. The maximum absolute atomic E-state index is 13.6. The topological polar surface area (TPSA) is 92.5 Å². The summed E-state index contributed by atoms with van der Waals surface area (Å²) in [6.07, 6.45) is 0.902. The van der Waals surface area contributed by atoms with Crippen LogP contribution in [0.15, 0.2) is 18.2 Å². The fourth-order valence-corrected chi connectivity index (χ4v) is 1.64. The van der Waals surface area contributed by atoms with Crippen molar-refractivity contribution in [1.82, 2.24) is 5.32 Å². The Balaban J connectivity index is 2.81. The molecule has 0 bridgehead atoms. The number of non-ortho nitro benzene ring substituents is 1. The van der Waals surface area contributed by atoms with E-state index in [4.69, 9.17) is 0 Å². The highest BCUT2D eigenvalue weighted by atomic mass is 19.1. The van der Waals surface area contributed by atoms with Crippen molar-refractivity contribution < 1.29 is 19.2 Å². The largest absolute Gasteiger partial charge is 0.388 e.